The lowest BCUT2D eigenvalue weighted by molar-refractivity contribution is 0.102. The van der Waals surface area contributed by atoms with Gasteiger partial charge in [0.25, 0.3) is 0 Å². The Kier molecular flexibility index (Phi) is 3.84. The molecule has 0 amide bonds. The molecule has 0 spiro atoms. The summed E-state index contributed by atoms with van der Waals surface area (Å²) in [7, 11) is 0. The van der Waals surface area contributed by atoms with E-state index in [1.54, 1.807) is 0 Å². The molecule has 0 heterocycles. The average molecular weight is 279 g/mol. The molecular weight excluding hydrogens is 258 g/mol. The van der Waals surface area contributed by atoms with Gasteiger partial charge in [-0.2, -0.15) is 5.26 Å². The maximum atomic E-state index is 9.23. The molecule has 1 aliphatic carbocycles. The van der Waals surface area contributed by atoms with Gasteiger partial charge in [-0.1, -0.05) is 38.1 Å². The molecular formula is C19H21NO. The number of benzene rings is 2. The third-order valence-electron chi connectivity index (χ3n) is 4.43. The molecule has 0 aromatic heterocycles. The summed E-state index contributed by atoms with van der Waals surface area (Å²) in [5.74, 6) is 2.36. The summed E-state index contributed by atoms with van der Waals surface area (Å²) in [5, 5.41) is 11.3. The molecule has 21 heavy (non-hydrogen) atoms. The lowest BCUT2D eigenvalue weighted by Gasteiger charge is -2.32. The molecule has 0 bridgehead atoms. The van der Waals surface area contributed by atoms with Crippen molar-refractivity contribution >= 4 is 10.8 Å². The molecule has 0 saturated heterocycles. The van der Waals surface area contributed by atoms with E-state index < -0.39 is 0 Å². The van der Waals surface area contributed by atoms with Crippen molar-refractivity contribution in [1.29, 1.82) is 5.26 Å². The van der Waals surface area contributed by atoms with E-state index in [1.165, 1.54) is 6.42 Å². The Bertz CT molecular complexity index is 676. The lowest BCUT2D eigenvalue weighted by atomic mass is 9.82. The largest absolute Gasteiger partial charge is 0.490 e. The fourth-order valence-corrected chi connectivity index (χ4v) is 3.62. The monoisotopic (exact) mass is 279 g/mol. The van der Waals surface area contributed by atoms with E-state index in [9.17, 15) is 5.26 Å². The van der Waals surface area contributed by atoms with Gasteiger partial charge < -0.3 is 4.74 Å². The maximum absolute atomic E-state index is 9.23. The molecule has 0 aliphatic heterocycles. The second kappa shape index (κ2) is 5.77. The van der Waals surface area contributed by atoms with Crippen LogP contribution >= 0.6 is 0 Å². The number of ether oxygens (including phenoxy) is 1. The molecule has 1 fully saturated rings. The number of nitriles is 1. The van der Waals surface area contributed by atoms with Crippen molar-refractivity contribution in [2.24, 2.45) is 11.8 Å². The van der Waals surface area contributed by atoms with Crippen molar-refractivity contribution in [3.05, 3.63) is 42.0 Å². The van der Waals surface area contributed by atoms with Gasteiger partial charge in [0, 0.05) is 10.8 Å². The highest BCUT2D eigenvalue weighted by atomic mass is 16.5. The third-order valence-corrected chi connectivity index (χ3v) is 4.43. The molecule has 1 saturated carbocycles. The van der Waals surface area contributed by atoms with Crippen LogP contribution in [0.3, 0.4) is 0 Å². The van der Waals surface area contributed by atoms with Crippen molar-refractivity contribution < 1.29 is 4.74 Å². The topological polar surface area (TPSA) is 33.0 Å². The molecule has 2 atom stereocenters. The first-order valence-corrected chi connectivity index (χ1v) is 7.76. The Morgan fingerprint density at radius 3 is 2.29 bits per heavy atom. The molecule has 0 N–H and O–H groups in total. The summed E-state index contributed by atoms with van der Waals surface area (Å²) in [6.07, 6.45) is 3.84. The average Bonchev–Trinajstić information content (AvgIpc) is 2.46. The number of hydrogen-bond acceptors (Lipinski definition) is 2. The molecule has 2 aromatic carbocycles. The van der Waals surface area contributed by atoms with Crippen molar-refractivity contribution in [2.45, 2.75) is 39.2 Å². The Labute approximate surface area is 126 Å². The van der Waals surface area contributed by atoms with Crippen LogP contribution in [-0.2, 0) is 0 Å². The molecule has 2 nitrogen and oxygen atoms in total. The van der Waals surface area contributed by atoms with Crippen LogP contribution < -0.4 is 4.74 Å². The van der Waals surface area contributed by atoms with Crippen LogP contribution in [0.5, 0.6) is 5.75 Å². The van der Waals surface area contributed by atoms with Crippen LogP contribution in [0, 0.1) is 23.2 Å². The number of rotatable bonds is 2. The molecule has 1 aliphatic rings. The zero-order valence-corrected chi connectivity index (χ0v) is 12.7. The highest BCUT2D eigenvalue weighted by Gasteiger charge is 2.25. The zero-order valence-electron chi connectivity index (χ0n) is 12.7. The Hall–Kier alpha value is -2.01. The van der Waals surface area contributed by atoms with E-state index in [4.69, 9.17) is 4.74 Å². The van der Waals surface area contributed by atoms with E-state index >= 15 is 0 Å². The van der Waals surface area contributed by atoms with Crippen molar-refractivity contribution in [3.8, 4) is 11.8 Å². The van der Waals surface area contributed by atoms with Crippen molar-refractivity contribution in [3.63, 3.8) is 0 Å². The summed E-state index contributed by atoms with van der Waals surface area (Å²) < 4.78 is 6.30. The molecule has 2 heteroatoms. The minimum absolute atomic E-state index is 0.292. The Morgan fingerprint density at radius 1 is 0.952 bits per heavy atom. The van der Waals surface area contributed by atoms with E-state index in [0.717, 1.165) is 41.2 Å². The third kappa shape index (κ3) is 2.88. The number of hydrogen-bond donors (Lipinski definition) is 0. The van der Waals surface area contributed by atoms with Gasteiger partial charge in [0.2, 0.25) is 0 Å². The van der Waals surface area contributed by atoms with Crippen LogP contribution in [0.2, 0.25) is 0 Å². The van der Waals surface area contributed by atoms with Gasteiger partial charge in [-0.05, 0) is 43.2 Å². The summed E-state index contributed by atoms with van der Waals surface area (Å²) in [4.78, 5) is 0. The normalized spacial score (nSPS) is 25.5. The minimum Gasteiger partial charge on any atom is -0.490 e. The standard InChI is InChI=1S/C19H21NO/c1-13-9-14(2)11-16(10-13)21-19-8-7-15(12-20)17-5-3-4-6-18(17)19/h3-8,13-14,16H,9-11H2,1-2H3. The molecule has 2 unspecified atom stereocenters. The van der Waals surface area contributed by atoms with Gasteiger partial charge in [-0.3, -0.25) is 0 Å². The molecule has 0 radical (unpaired) electrons. The maximum Gasteiger partial charge on any atom is 0.127 e. The molecule has 108 valence electrons. The van der Waals surface area contributed by atoms with E-state index in [0.29, 0.717) is 11.7 Å². The summed E-state index contributed by atoms with van der Waals surface area (Å²) in [6.45, 7) is 4.62. The molecule has 3 rings (SSSR count). The van der Waals surface area contributed by atoms with Crippen LogP contribution in [-0.4, -0.2) is 6.10 Å². The Balaban J connectivity index is 1.93. The molecule has 2 aromatic rings. The highest BCUT2D eigenvalue weighted by Crippen LogP contribution is 2.34. The second-order valence-electron chi connectivity index (χ2n) is 6.43. The summed E-state index contributed by atoms with van der Waals surface area (Å²) in [5.41, 5.74) is 0.711. The van der Waals surface area contributed by atoms with Crippen molar-refractivity contribution in [1.82, 2.24) is 0 Å². The van der Waals surface area contributed by atoms with Crippen LogP contribution in [0.4, 0.5) is 0 Å². The lowest BCUT2D eigenvalue weighted by Crippen LogP contribution is -2.28. The first-order valence-electron chi connectivity index (χ1n) is 7.76. The first-order chi connectivity index (χ1) is 10.2. The van der Waals surface area contributed by atoms with Gasteiger partial charge >= 0.3 is 0 Å². The number of fused-ring (bicyclic) bond motifs is 1. The second-order valence-corrected chi connectivity index (χ2v) is 6.43. The predicted molar refractivity (Wildman–Crippen MR) is 85.3 cm³/mol. The summed E-state index contributed by atoms with van der Waals surface area (Å²) in [6, 6.07) is 14.1. The van der Waals surface area contributed by atoms with Gasteiger partial charge in [0.15, 0.2) is 0 Å². The highest BCUT2D eigenvalue weighted by molar-refractivity contribution is 5.92. The van der Waals surface area contributed by atoms with Crippen LogP contribution in [0.15, 0.2) is 36.4 Å². The van der Waals surface area contributed by atoms with Crippen LogP contribution in [0.1, 0.15) is 38.7 Å². The fourth-order valence-electron chi connectivity index (χ4n) is 3.62. The number of nitrogens with zero attached hydrogens (tertiary/aromatic N) is 1. The van der Waals surface area contributed by atoms with E-state index in [2.05, 4.69) is 19.9 Å². The van der Waals surface area contributed by atoms with Gasteiger partial charge in [-0.15, -0.1) is 0 Å². The van der Waals surface area contributed by atoms with Crippen LogP contribution in [0.25, 0.3) is 10.8 Å². The van der Waals surface area contributed by atoms with Gasteiger partial charge in [-0.25, -0.2) is 0 Å². The predicted octanol–water partition coefficient (Wildman–Crippen LogP) is 4.91. The smallest absolute Gasteiger partial charge is 0.127 e. The van der Waals surface area contributed by atoms with Gasteiger partial charge in [0.1, 0.15) is 5.75 Å². The van der Waals surface area contributed by atoms with E-state index in [-0.39, 0.29) is 0 Å². The van der Waals surface area contributed by atoms with Gasteiger partial charge in [0.05, 0.1) is 17.7 Å². The van der Waals surface area contributed by atoms with Crippen molar-refractivity contribution in [2.75, 3.05) is 0 Å². The zero-order chi connectivity index (χ0) is 14.8. The first kappa shape index (κ1) is 13.9. The Morgan fingerprint density at radius 2 is 1.62 bits per heavy atom. The SMILES string of the molecule is CC1CC(C)CC(Oc2ccc(C#N)c3ccccc23)C1. The quantitative estimate of drug-likeness (QED) is 0.782. The fraction of sp³-hybridized carbons (Fsp3) is 0.421. The minimum atomic E-state index is 0.292. The summed E-state index contributed by atoms with van der Waals surface area (Å²) >= 11 is 0. The van der Waals surface area contributed by atoms with E-state index in [1.807, 2.05) is 36.4 Å².